The second kappa shape index (κ2) is 8.69. The second-order valence-corrected chi connectivity index (χ2v) is 8.15. The number of urea groups is 1. The van der Waals surface area contributed by atoms with Crippen molar-refractivity contribution in [2.45, 2.75) is 46.2 Å². The van der Waals surface area contributed by atoms with E-state index >= 15 is 0 Å². The van der Waals surface area contributed by atoms with Crippen LogP contribution in [0.2, 0.25) is 0 Å². The number of thiophene rings is 1. The lowest BCUT2D eigenvalue weighted by Gasteiger charge is -2.38. The van der Waals surface area contributed by atoms with E-state index in [1.807, 2.05) is 11.8 Å². The summed E-state index contributed by atoms with van der Waals surface area (Å²) in [4.78, 5) is 18.9. The Morgan fingerprint density at radius 2 is 2.04 bits per heavy atom. The van der Waals surface area contributed by atoms with E-state index < -0.39 is 0 Å². The summed E-state index contributed by atoms with van der Waals surface area (Å²) >= 11 is 1.72. The van der Waals surface area contributed by atoms with E-state index in [0.717, 1.165) is 49.3 Å². The topological polar surface area (TPSA) is 35.6 Å². The minimum atomic E-state index is 0.0158. The zero-order valence-corrected chi connectivity index (χ0v) is 16.8. The van der Waals surface area contributed by atoms with Crippen molar-refractivity contribution >= 4 is 23.1 Å². The normalized spacial score (nSPS) is 15.8. The quantitative estimate of drug-likeness (QED) is 0.813. The van der Waals surface area contributed by atoms with E-state index in [9.17, 15) is 4.79 Å². The number of benzene rings is 1. The van der Waals surface area contributed by atoms with Gasteiger partial charge in [0.25, 0.3) is 0 Å². The van der Waals surface area contributed by atoms with Crippen LogP contribution in [0.15, 0.2) is 35.7 Å². The minimum Gasteiger partial charge on any atom is -0.316 e. The summed E-state index contributed by atoms with van der Waals surface area (Å²) in [7, 11) is 0. The number of amides is 2. The van der Waals surface area contributed by atoms with Gasteiger partial charge in [0.05, 0.1) is 6.54 Å². The van der Waals surface area contributed by atoms with Crippen LogP contribution < -0.4 is 5.32 Å². The highest BCUT2D eigenvalue weighted by Crippen LogP contribution is 2.23. The summed E-state index contributed by atoms with van der Waals surface area (Å²) in [5, 5.41) is 5.24. The fourth-order valence-corrected chi connectivity index (χ4v) is 4.24. The number of nitrogens with zero attached hydrogens (tertiary/aromatic N) is 2. The molecule has 0 atom stereocenters. The number of rotatable bonds is 5. The Kier molecular flexibility index (Phi) is 6.33. The highest BCUT2D eigenvalue weighted by atomic mass is 32.1. The molecule has 2 amide bonds. The number of carbonyl (C=O) groups excluding carboxylic acids is 1. The third-order valence-electron chi connectivity index (χ3n) is 5.25. The van der Waals surface area contributed by atoms with E-state index in [4.69, 9.17) is 0 Å². The van der Waals surface area contributed by atoms with Crippen molar-refractivity contribution in [3.63, 3.8) is 0 Å². The predicted molar refractivity (Wildman–Crippen MR) is 110 cm³/mol. The van der Waals surface area contributed by atoms with Crippen molar-refractivity contribution in [2.75, 3.05) is 25.0 Å². The largest absolute Gasteiger partial charge is 0.322 e. The van der Waals surface area contributed by atoms with Crippen LogP contribution >= 0.6 is 11.3 Å². The maximum atomic E-state index is 13.2. The van der Waals surface area contributed by atoms with E-state index in [1.54, 1.807) is 11.3 Å². The van der Waals surface area contributed by atoms with Crippen LogP contribution in [-0.2, 0) is 6.54 Å². The molecule has 0 aliphatic carbocycles. The minimum absolute atomic E-state index is 0.0158. The van der Waals surface area contributed by atoms with Gasteiger partial charge in [-0.15, -0.1) is 11.3 Å². The highest BCUT2D eigenvalue weighted by molar-refractivity contribution is 7.09. The Balaban J connectivity index is 1.75. The lowest BCUT2D eigenvalue weighted by atomic mass is 10.0. The molecule has 3 rings (SSSR count). The van der Waals surface area contributed by atoms with Crippen LogP contribution in [0.1, 0.15) is 35.8 Å². The van der Waals surface area contributed by atoms with Crippen molar-refractivity contribution < 1.29 is 4.79 Å². The monoisotopic (exact) mass is 371 g/mol. The predicted octanol–water partition coefficient (Wildman–Crippen LogP) is 4.88. The number of likely N-dealkylation sites (tertiary alicyclic amines) is 1. The lowest BCUT2D eigenvalue weighted by molar-refractivity contribution is 0.127. The van der Waals surface area contributed by atoms with Crippen LogP contribution in [-0.4, -0.2) is 41.5 Å². The smallest absolute Gasteiger partial charge is 0.316 e. The molecule has 4 nitrogen and oxygen atoms in total. The van der Waals surface area contributed by atoms with E-state index in [0.29, 0.717) is 12.6 Å². The fourth-order valence-electron chi connectivity index (χ4n) is 3.54. The van der Waals surface area contributed by atoms with Gasteiger partial charge in [-0.3, -0.25) is 0 Å². The molecule has 1 aliphatic rings. The van der Waals surface area contributed by atoms with Crippen molar-refractivity contribution in [1.82, 2.24) is 9.80 Å². The molecule has 0 saturated carbocycles. The maximum Gasteiger partial charge on any atom is 0.322 e. The molecular formula is C21H29N3OS. The van der Waals surface area contributed by atoms with Crippen LogP contribution in [0.4, 0.5) is 10.5 Å². The van der Waals surface area contributed by atoms with Gasteiger partial charge >= 0.3 is 6.03 Å². The Hall–Kier alpha value is -1.85. The highest BCUT2D eigenvalue weighted by Gasteiger charge is 2.28. The lowest BCUT2D eigenvalue weighted by Crippen LogP contribution is -2.48. The third kappa shape index (κ3) is 4.65. The van der Waals surface area contributed by atoms with Crippen LogP contribution in [0.25, 0.3) is 0 Å². The molecule has 1 saturated heterocycles. The van der Waals surface area contributed by atoms with Crippen molar-refractivity contribution in [2.24, 2.45) is 0 Å². The van der Waals surface area contributed by atoms with Gasteiger partial charge in [-0.1, -0.05) is 25.1 Å². The summed E-state index contributed by atoms with van der Waals surface area (Å²) in [5.41, 5.74) is 3.17. The molecule has 1 N–H and O–H groups in total. The van der Waals surface area contributed by atoms with Gasteiger partial charge in [0, 0.05) is 29.7 Å². The summed E-state index contributed by atoms with van der Waals surface area (Å²) < 4.78 is 0. The summed E-state index contributed by atoms with van der Waals surface area (Å²) in [6.45, 7) is 10.2. The Labute approximate surface area is 160 Å². The Morgan fingerprint density at radius 1 is 1.27 bits per heavy atom. The Bertz CT molecular complexity index is 721. The molecule has 2 heterocycles. The number of hydrogen-bond donors (Lipinski definition) is 1. The van der Waals surface area contributed by atoms with Gasteiger partial charge in [-0.25, -0.2) is 4.79 Å². The molecule has 0 radical (unpaired) electrons. The van der Waals surface area contributed by atoms with E-state index in [-0.39, 0.29) is 6.03 Å². The fraction of sp³-hybridized carbons (Fsp3) is 0.476. The number of anilines is 1. The maximum absolute atomic E-state index is 13.2. The van der Waals surface area contributed by atoms with Gasteiger partial charge in [0.15, 0.2) is 0 Å². The number of hydrogen-bond acceptors (Lipinski definition) is 3. The first-order valence-corrected chi connectivity index (χ1v) is 10.3. The van der Waals surface area contributed by atoms with Crippen molar-refractivity contribution in [3.8, 4) is 0 Å². The number of piperidine rings is 1. The van der Waals surface area contributed by atoms with Gasteiger partial charge in [-0.2, -0.15) is 0 Å². The van der Waals surface area contributed by atoms with Crippen molar-refractivity contribution in [1.29, 1.82) is 0 Å². The zero-order valence-electron chi connectivity index (χ0n) is 16.0. The molecule has 0 unspecified atom stereocenters. The number of carbonyl (C=O) groups is 1. The molecule has 1 aromatic carbocycles. The van der Waals surface area contributed by atoms with Crippen LogP contribution in [0.3, 0.4) is 0 Å². The molecule has 5 heteroatoms. The second-order valence-electron chi connectivity index (χ2n) is 7.12. The third-order valence-corrected chi connectivity index (χ3v) is 6.11. The van der Waals surface area contributed by atoms with E-state index in [2.05, 4.69) is 59.8 Å². The summed E-state index contributed by atoms with van der Waals surface area (Å²) in [6, 6.07) is 10.7. The standard InChI is InChI=1S/C21H29N3OS/c1-4-23-11-9-18(10-12-23)24(15-19-6-5-13-26-19)21(25)22-20-14-16(2)7-8-17(20)3/h5-8,13-14,18H,4,9-12,15H2,1-3H3,(H,22,25). The van der Waals surface area contributed by atoms with Gasteiger partial charge < -0.3 is 15.1 Å². The van der Waals surface area contributed by atoms with Crippen LogP contribution in [0, 0.1) is 13.8 Å². The van der Waals surface area contributed by atoms with E-state index in [1.165, 1.54) is 4.88 Å². The molecule has 1 aromatic heterocycles. The average molecular weight is 372 g/mol. The summed E-state index contributed by atoms with van der Waals surface area (Å²) in [6.07, 6.45) is 2.08. The van der Waals surface area contributed by atoms with Crippen LogP contribution in [0.5, 0.6) is 0 Å². The molecule has 26 heavy (non-hydrogen) atoms. The first-order chi connectivity index (χ1) is 12.6. The Morgan fingerprint density at radius 3 is 2.69 bits per heavy atom. The van der Waals surface area contributed by atoms with Gasteiger partial charge in [0.1, 0.15) is 0 Å². The molecule has 0 bridgehead atoms. The number of aryl methyl sites for hydroxylation is 2. The first kappa shape index (κ1) is 18.9. The number of nitrogens with one attached hydrogen (secondary N) is 1. The molecule has 1 fully saturated rings. The molecule has 0 spiro atoms. The zero-order chi connectivity index (χ0) is 18.5. The molecule has 2 aromatic rings. The molecular weight excluding hydrogens is 342 g/mol. The van der Waals surface area contributed by atoms with Crippen molar-refractivity contribution in [3.05, 3.63) is 51.7 Å². The van der Waals surface area contributed by atoms with Gasteiger partial charge in [0.2, 0.25) is 0 Å². The summed E-state index contributed by atoms with van der Waals surface area (Å²) in [5.74, 6) is 0. The van der Waals surface area contributed by atoms with Gasteiger partial charge in [-0.05, 0) is 61.9 Å². The first-order valence-electron chi connectivity index (χ1n) is 9.46. The molecule has 140 valence electrons. The SMILES string of the molecule is CCN1CCC(N(Cc2cccs2)C(=O)Nc2cc(C)ccc2C)CC1. The molecule has 1 aliphatic heterocycles. The average Bonchev–Trinajstić information content (AvgIpc) is 3.16.